The van der Waals surface area contributed by atoms with Gasteiger partial charge in [-0.25, -0.2) is 5.43 Å². The van der Waals surface area contributed by atoms with Gasteiger partial charge in [0.2, 0.25) is 0 Å². The SMILES string of the molecule is C=CCc1cc(/C=N\NC(=O)[C@@H](C)Oc2ccc(Cl)cc2Cl)cc(OCC)c1O. The molecule has 1 amide bonds. The van der Waals surface area contributed by atoms with E-state index in [-0.39, 0.29) is 5.75 Å². The van der Waals surface area contributed by atoms with Crippen molar-refractivity contribution in [2.24, 2.45) is 5.10 Å². The first kappa shape index (κ1) is 22.6. The van der Waals surface area contributed by atoms with Gasteiger partial charge in [-0.1, -0.05) is 29.3 Å². The Hall–Kier alpha value is -2.70. The number of allylic oxidation sites excluding steroid dienone is 1. The number of hydrogen-bond acceptors (Lipinski definition) is 5. The number of amides is 1. The van der Waals surface area contributed by atoms with Crippen molar-refractivity contribution in [3.8, 4) is 17.2 Å². The first-order valence-corrected chi connectivity index (χ1v) is 9.65. The molecule has 2 aromatic rings. The standard InChI is InChI=1S/C21H22Cl2N2O4/c1-4-6-15-9-14(10-19(20(15)26)28-5-2)12-24-25-21(27)13(3)29-18-8-7-16(22)11-17(18)23/h4,7-13,26H,1,5-6H2,2-3H3,(H,25,27)/b24-12-/t13-/m1/s1. The van der Waals surface area contributed by atoms with Crippen LogP contribution in [-0.2, 0) is 11.2 Å². The van der Waals surface area contributed by atoms with Gasteiger partial charge in [0.25, 0.3) is 5.91 Å². The van der Waals surface area contributed by atoms with Crippen molar-refractivity contribution < 1.29 is 19.4 Å². The van der Waals surface area contributed by atoms with Crippen LogP contribution in [0.25, 0.3) is 0 Å². The number of carbonyl (C=O) groups excluding carboxylic acids is 1. The number of nitrogens with zero attached hydrogens (tertiary/aromatic N) is 1. The van der Waals surface area contributed by atoms with Crippen LogP contribution in [-0.4, -0.2) is 29.9 Å². The molecular formula is C21H22Cl2N2O4. The minimum atomic E-state index is -0.832. The summed E-state index contributed by atoms with van der Waals surface area (Å²) < 4.78 is 11.0. The molecular weight excluding hydrogens is 415 g/mol. The minimum Gasteiger partial charge on any atom is -0.504 e. The maximum atomic E-state index is 12.2. The van der Waals surface area contributed by atoms with E-state index in [9.17, 15) is 9.90 Å². The number of hydrazone groups is 1. The van der Waals surface area contributed by atoms with Gasteiger partial charge >= 0.3 is 0 Å². The molecule has 0 aliphatic carbocycles. The molecule has 0 unspecified atom stereocenters. The smallest absolute Gasteiger partial charge is 0.280 e. The lowest BCUT2D eigenvalue weighted by atomic mass is 10.1. The van der Waals surface area contributed by atoms with E-state index in [2.05, 4.69) is 17.1 Å². The molecule has 2 aromatic carbocycles. The van der Waals surface area contributed by atoms with E-state index in [0.717, 1.165) is 0 Å². The normalized spacial score (nSPS) is 11.9. The molecule has 0 bridgehead atoms. The summed E-state index contributed by atoms with van der Waals surface area (Å²) in [6.07, 6.45) is 2.76. The van der Waals surface area contributed by atoms with Gasteiger partial charge in [-0.15, -0.1) is 6.58 Å². The molecule has 8 heteroatoms. The van der Waals surface area contributed by atoms with Crippen molar-refractivity contribution in [2.75, 3.05) is 6.61 Å². The molecule has 0 saturated carbocycles. The van der Waals surface area contributed by atoms with Crippen LogP contribution in [0.5, 0.6) is 17.2 Å². The highest BCUT2D eigenvalue weighted by atomic mass is 35.5. The summed E-state index contributed by atoms with van der Waals surface area (Å²) in [5.74, 6) is 0.294. The molecule has 2 N–H and O–H groups in total. The zero-order valence-corrected chi connectivity index (χ0v) is 17.6. The van der Waals surface area contributed by atoms with Crippen molar-refractivity contribution in [1.29, 1.82) is 0 Å². The van der Waals surface area contributed by atoms with Crippen LogP contribution in [0.3, 0.4) is 0 Å². The largest absolute Gasteiger partial charge is 0.504 e. The Morgan fingerprint density at radius 1 is 1.31 bits per heavy atom. The van der Waals surface area contributed by atoms with E-state index in [1.54, 1.807) is 37.3 Å². The Morgan fingerprint density at radius 3 is 2.72 bits per heavy atom. The van der Waals surface area contributed by atoms with Gasteiger partial charge in [0, 0.05) is 10.6 Å². The number of ether oxygens (including phenoxy) is 2. The highest BCUT2D eigenvalue weighted by Crippen LogP contribution is 2.32. The molecule has 0 aliphatic rings. The van der Waals surface area contributed by atoms with Gasteiger partial charge < -0.3 is 14.6 Å². The van der Waals surface area contributed by atoms with E-state index in [1.807, 2.05) is 6.92 Å². The third-order valence-corrected chi connectivity index (χ3v) is 4.33. The number of rotatable bonds is 9. The number of hydrogen-bond donors (Lipinski definition) is 2. The molecule has 0 saturated heterocycles. The summed E-state index contributed by atoms with van der Waals surface area (Å²) >= 11 is 11.9. The Balaban J connectivity index is 2.05. The van der Waals surface area contributed by atoms with E-state index in [0.29, 0.717) is 45.7 Å². The average Bonchev–Trinajstić information content (AvgIpc) is 2.67. The van der Waals surface area contributed by atoms with Crippen LogP contribution in [0.2, 0.25) is 10.0 Å². The van der Waals surface area contributed by atoms with Gasteiger partial charge in [-0.3, -0.25) is 4.79 Å². The Bertz CT molecular complexity index is 916. The summed E-state index contributed by atoms with van der Waals surface area (Å²) in [6.45, 7) is 7.48. The molecule has 0 fully saturated rings. The molecule has 0 aliphatic heterocycles. The fourth-order valence-corrected chi connectivity index (χ4v) is 2.87. The second kappa shape index (κ2) is 10.7. The van der Waals surface area contributed by atoms with Crippen LogP contribution in [0.1, 0.15) is 25.0 Å². The van der Waals surface area contributed by atoms with Crippen LogP contribution in [0.4, 0.5) is 0 Å². The van der Waals surface area contributed by atoms with E-state index in [4.69, 9.17) is 32.7 Å². The Morgan fingerprint density at radius 2 is 2.07 bits per heavy atom. The summed E-state index contributed by atoms with van der Waals surface area (Å²) in [7, 11) is 0. The fraction of sp³-hybridized carbons (Fsp3) is 0.238. The lowest BCUT2D eigenvalue weighted by Crippen LogP contribution is -2.33. The lowest BCUT2D eigenvalue weighted by molar-refractivity contribution is -0.127. The number of carbonyl (C=O) groups is 1. The summed E-state index contributed by atoms with van der Waals surface area (Å²) in [5, 5.41) is 15.0. The van der Waals surface area contributed by atoms with Gasteiger partial charge in [0.05, 0.1) is 17.8 Å². The number of halogens is 2. The predicted octanol–water partition coefficient (Wildman–Crippen LogP) is 4.74. The average molecular weight is 437 g/mol. The molecule has 154 valence electrons. The number of nitrogens with one attached hydrogen (secondary N) is 1. The topological polar surface area (TPSA) is 80.2 Å². The predicted molar refractivity (Wildman–Crippen MR) is 115 cm³/mol. The minimum absolute atomic E-state index is 0.0646. The molecule has 0 aromatic heterocycles. The highest BCUT2D eigenvalue weighted by Gasteiger charge is 2.16. The number of phenols is 1. The third-order valence-electron chi connectivity index (χ3n) is 3.80. The van der Waals surface area contributed by atoms with Crippen LogP contribution < -0.4 is 14.9 Å². The van der Waals surface area contributed by atoms with Gasteiger partial charge in [-0.2, -0.15) is 5.10 Å². The van der Waals surface area contributed by atoms with Crippen LogP contribution >= 0.6 is 23.2 Å². The fourth-order valence-electron chi connectivity index (χ4n) is 2.42. The van der Waals surface area contributed by atoms with Crippen molar-refractivity contribution in [3.05, 3.63) is 64.2 Å². The Labute approximate surface area is 179 Å². The molecule has 0 radical (unpaired) electrons. The molecule has 0 heterocycles. The molecule has 0 spiro atoms. The van der Waals surface area contributed by atoms with Gasteiger partial charge in [0.1, 0.15) is 5.75 Å². The summed E-state index contributed by atoms with van der Waals surface area (Å²) in [5.41, 5.74) is 3.71. The quantitative estimate of drug-likeness (QED) is 0.337. The molecule has 1 atom stereocenters. The monoisotopic (exact) mass is 436 g/mol. The summed E-state index contributed by atoms with van der Waals surface area (Å²) in [6, 6.07) is 8.11. The number of phenolic OH excluding ortho intramolecular Hbond substituents is 1. The van der Waals surface area contributed by atoms with Crippen molar-refractivity contribution >= 4 is 35.3 Å². The molecule has 29 heavy (non-hydrogen) atoms. The summed E-state index contributed by atoms with van der Waals surface area (Å²) in [4.78, 5) is 12.2. The third kappa shape index (κ3) is 6.41. The van der Waals surface area contributed by atoms with E-state index >= 15 is 0 Å². The van der Waals surface area contributed by atoms with Crippen molar-refractivity contribution in [1.82, 2.24) is 5.43 Å². The number of aromatic hydroxyl groups is 1. The van der Waals surface area contributed by atoms with Crippen molar-refractivity contribution in [3.63, 3.8) is 0 Å². The first-order valence-electron chi connectivity index (χ1n) is 8.89. The molecule has 2 rings (SSSR count). The highest BCUT2D eigenvalue weighted by molar-refractivity contribution is 6.35. The van der Waals surface area contributed by atoms with E-state index < -0.39 is 12.0 Å². The van der Waals surface area contributed by atoms with Gasteiger partial charge in [0.15, 0.2) is 17.6 Å². The maximum Gasteiger partial charge on any atom is 0.280 e. The lowest BCUT2D eigenvalue weighted by Gasteiger charge is -2.14. The van der Waals surface area contributed by atoms with Crippen molar-refractivity contribution in [2.45, 2.75) is 26.4 Å². The van der Waals surface area contributed by atoms with Gasteiger partial charge in [-0.05, 0) is 56.2 Å². The van der Waals surface area contributed by atoms with Crippen LogP contribution in [0.15, 0.2) is 48.1 Å². The zero-order chi connectivity index (χ0) is 21.4. The second-order valence-corrected chi connectivity index (χ2v) is 6.87. The maximum absolute atomic E-state index is 12.2. The van der Waals surface area contributed by atoms with Crippen LogP contribution in [0, 0.1) is 0 Å². The Kier molecular flexibility index (Phi) is 8.36. The number of benzene rings is 2. The second-order valence-electron chi connectivity index (χ2n) is 6.02. The zero-order valence-electron chi connectivity index (χ0n) is 16.1. The van der Waals surface area contributed by atoms with E-state index in [1.165, 1.54) is 12.3 Å². The molecule has 6 nitrogen and oxygen atoms in total. The first-order chi connectivity index (χ1) is 13.8.